The van der Waals surface area contributed by atoms with Gasteiger partial charge in [0.15, 0.2) is 0 Å². The minimum atomic E-state index is -5.38. The number of alkyl carbamates (subject to hydrolysis) is 1. The lowest BCUT2D eigenvalue weighted by molar-refractivity contribution is -0.206. The molecular formula is C42H57F3N6O11S. The van der Waals surface area contributed by atoms with E-state index >= 15 is 0 Å². The number of benzene rings is 2. The number of carbonyl (C=O) groups excluding carboxylic acids is 5. The predicted molar refractivity (Wildman–Crippen MR) is 224 cm³/mol. The maximum atomic E-state index is 13.9. The molecule has 0 aliphatic rings. The lowest BCUT2D eigenvalue weighted by Gasteiger charge is -2.32. The molecule has 0 aliphatic heterocycles. The fraction of sp³-hybridized carbons (Fsp3) is 0.524. The molecule has 4 amide bonds. The fourth-order valence-electron chi connectivity index (χ4n) is 5.87. The normalized spacial score (nSPS) is 13.3. The van der Waals surface area contributed by atoms with E-state index < -0.39 is 66.8 Å². The number of aromatic nitrogens is 1. The van der Waals surface area contributed by atoms with Crippen molar-refractivity contribution in [2.45, 2.75) is 70.1 Å². The molecule has 0 fully saturated rings. The summed E-state index contributed by atoms with van der Waals surface area (Å²) in [5.74, 6) is -4.55. The number of hydrogen-bond donors (Lipinski definition) is 5. The number of ether oxygens (including phenoxy) is 6. The first-order chi connectivity index (χ1) is 30.2. The first-order valence-electron chi connectivity index (χ1n) is 20.3. The van der Waals surface area contributed by atoms with Crippen LogP contribution in [0.25, 0.3) is 0 Å². The number of halogens is 3. The molecule has 348 valence electrons. The lowest BCUT2D eigenvalue weighted by atomic mass is 9.92. The van der Waals surface area contributed by atoms with Gasteiger partial charge < -0.3 is 55.4 Å². The summed E-state index contributed by atoms with van der Waals surface area (Å²) in [4.78, 5) is 68.9. The maximum Gasteiger partial charge on any atom is 0.490 e. The average molecular weight is 911 g/mol. The topological polar surface area (TPSA) is 228 Å². The first kappa shape index (κ1) is 52.2. The Hall–Kier alpha value is -5.19. The lowest BCUT2D eigenvalue weighted by Crippen LogP contribution is -2.55. The van der Waals surface area contributed by atoms with Gasteiger partial charge in [0, 0.05) is 31.7 Å². The minimum absolute atomic E-state index is 0.0277. The van der Waals surface area contributed by atoms with E-state index in [1.165, 1.54) is 17.5 Å². The van der Waals surface area contributed by atoms with Crippen LogP contribution in [0, 0.1) is 5.92 Å². The highest BCUT2D eigenvalue weighted by atomic mass is 32.1. The molecule has 0 spiro atoms. The van der Waals surface area contributed by atoms with Crippen molar-refractivity contribution in [3.8, 4) is 0 Å². The largest absolute Gasteiger partial charge is 0.490 e. The first-order valence-corrected chi connectivity index (χ1v) is 21.2. The van der Waals surface area contributed by atoms with Gasteiger partial charge in [0.05, 0.1) is 56.1 Å². The number of amides is 4. The molecule has 1 aromatic heterocycles. The highest BCUT2D eigenvalue weighted by molar-refractivity contribution is 7.09. The Labute approximate surface area is 368 Å². The van der Waals surface area contributed by atoms with E-state index in [1.54, 1.807) is 80.0 Å². The molecule has 1 heterocycles. The van der Waals surface area contributed by atoms with Gasteiger partial charge in [0.25, 0.3) is 0 Å². The molecule has 63 heavy (non-hydrogen) atoms. The number of nitrogens with one attached hydrogen (secondary N) is 4. The van der Waals surface area contributed by atoms with E-state index in [9.17, 15) is 37.1 Å². The van der Waals surface area contributed by atoms with Crippen molar-refractivity contribution in [2.24, 2.45) is 11.7 Å². The number of rotatable bonds is 30. The molecule has 3 aromatic rings. The third kappa shape index (κ3) is 22.1. The van der Waals surface area contributed by atoms with Crippen LogP contribution in [0.5, 0.6) is 0 Å². The smallest absolute Gasteiger partial charge is 0.453 e. The number of nitrogens with zero attached hydrogens (tertiary/aromatic N) is 1. The summed E-state index contributed by atoms with van der Waals surface area (Å²) in [5.41, 5.74) is 8.17. The number of carbonyl (C=O) groups is 5. The Morgan fingerprint density at radius 3 is 1.95 bits per heavy atom. The van der Waals surface area contributed by atoms with Gasteiger partial charge in [-0.25, -0.2) is 9.59 Å². The third-order valence-electron chi connectivity index (χ3n) is 8.86. The Morgan fingerprint density at radius 2 is 1.37 bits per heavy atom. The van der Waals surface area contributed by atoms with Crippen molar-refractivity contribution in [3.63, 3.8) is 0 Å². The molecule has 4 atom stereocenters. The highest BCUT2D eigenvalue weighted by Gasteiger charge is 2.44. The minimum Gasteiger partial charge on any atom is -0.453 e. The van der Waals surface area contributed by atoms with Crippen molar-refractivity contribution in [3.05, 3.63) is 88.4 Å². The summed E-state index contributed by atoms with van der Waals surface area (Å²) in [6.45, 7) is 4.60. The summed E-state index contributed by atoms with van der Waals surface area (Å²) in [6.07, 6.45) is -6.90. The molecule has 0 aliphatic carbocycles. The van der Waals surface area contributed by atoms with Crippen LogP contribution in [0.1, 0.15) is 36.3 Å². The summed E-state index contributed by atoms with van der Waals surface area (Å²) in [6, 6.07) is 13.9. The Morgan fingerprint density at radius 1 is 0.762 bits per heavy atom. The van der Waals surface area contributed by atoms with Crippen LogP contribution in [0.15, 0.2) is 72.4 Å². The number of alkyl halides is 3. The Kier molecular flexibility index (Phi) is 24.2. The zero-order chi connectivity index (χ0) is 45.9. The third-order valence-corrected chi connectivity index (χ3v) is 9.62. The van der Waals surface area contributed by atoms with Crippen molar-refractivity contribution >= 4 is 41.1 Å². The summed E-state index contributed by atoms with van der Waals surface area (Å²) < 4.78 is 73.0. The molecule has 0 saturated heterocycles. The molecule has 6 N–H and O–H groups in total. The van der Waals surface area contributed by atoms with Crippen LogP contribution in [0.3, 0.4) is 0 Å². The second-order valence-electron chi connectivity index (χ2n) is 14.3. The number of nitrogens with two attached hydrogens (primary N) is 1. The van der Waals surface area contributed by atoms with Crippen molar-refractivity contribution in [1.82, 2.24) is 26.3 Å². The number of hydrogen-bond acceptors (Lipinski definition) is 14. The second kappa shape index (κ2) is 29.2. The van der Waals surface area contributed by atoms with Gasteiger partial charge in [-0.3, -0.25) is 19.4 Å². The van der Waals surface area contributed by atoms with Gasteiger partial charge in [-0.2, -0.15) is 13.2 Å². The van der Waals surface area contributed by atoms with Crippen LogP contribution >= 0.6 is 11.3 Å². The fourth-order valence-corrected chi connectivity index (χ4v) is 6.37. The standard InChI is InChI=1S/C42H57F3N6O11S/c1-29(2)38(51-37(53)27-60-20-18-58-16-14-48-36(52)26-59-19-17-57-15-13-46)39(54)49-32(21-30-9-5-3-6-10-30)23-35(62-40(55)42(43,44)45)34(22-31-11-7-4-8-12-31)50-41(56)61-25-33-24-47-28-63-33/h3-12,24,28-29,32,34-35,38H,13-23,25-27,46H2,1-2H3,(H,48,52)(H,49,54)(H,50,56)(H,51,53)/t32-,34-,35-,38-/m0/s1. The molecule has 17 nitrogen and oxygen atoms in total. The molecule has 21 heteroatoms. The predicted octanol–water partition coefficient (Wildman–Crippen LogP) is 2.85. The summed E-state index contributed by atoms with van der Waals surface area (Å²) in [5, 5.41) is 10.7. The van der Waals surface area contributed by atoms with E-state index in [0.29, 0.717) is 35.8 Å². The van der Waals surface area contributed by atoms with E-state index in [-0.39, 0.29) is 71.4 Å². The molecule has 0 unspecified atom stereocenters. The van der Waals surface area contributed by atoms with Crippen molar-refractivity contribution in [1.29, 1.82) is 0 Å². The molecule has 2 aromatic carbocycles. The molecule has 3 rings (SSSR count). The van der Waals surface area contributed by atoms with Crippen molar-refractivity contribution < 1.29 is 65.6 Å². The Bertz CT molecular complexity index is 1780. The van der Waals surface area contributed by atoms with E-state index in [1.807, 2.05) is 0 Å². The van der Waals surface area contributed by atoms with E-state index in [2.05, 4.69) is 26.3 Å². The van der Waals surface area contributed by atoms with Gasteiger partial charge in [0.1, 0.15) is 32.0 Å². The summed E-state index contributed by atoms with van der Waals surface area (Å²) in [7, 11) is 0. The average Bonchev–Trinajstić information content (AvgIpc) is 3.78. The zero-order valence-electron chi connectivity index (χ0n) is 35.3. The SMILES string of the molecule is CC(C)[C@H](NC(=O)COCCOCCNC(=O)COCCOCCN)C(=O)N[C@@H](Cc1ccccc1)C[C@H](OC(=O)C(F)(F)F)[C@H](Cc1ccccc1)NC(=O)OCc1cncs1. The molecule has 0 saturated carbocycles. The molecule has 0 bridgehead atoms. The monoisotopic (exact) mass is 910 g/mol. The molecule has 0 radical (unpaired) electrons. The van der Waals surface area contributed by atoms with Gasteiger partial charge >= 0.3 is 18.2 Å². The van der Waals surface area contributed by atoms with Crippen LogP contribution in [0.4, 0.5) is 18.0 Å². The zero-order valence-corrected chi connectivity index (χ0v) is 36.1. The van der Waals surface area contributed by atoms with Crippen molar-refractivity contribution in [2.75, 3.05) is 65.9 Å². The van der Waals surface area contributed by atoms with E-state index in [4.69, 9.17) is 34.2 Å². The number of esters is 1. The quantitative estimate of drug-likeness (QED) is 0.0480. The van der Waals surface area contributed by atoms with Crippen LogP contribution in [-0.4, -0.2) is 131 Å². The van der Waals surface area contributed by atoms with Gasteiger partial charge in [-0.1, -0.05) is 74.5 Å². The van der Waals surface area contributed by atoms with Crippen LogP contribution < -0.4 is 27.0 Å². The van der Waals surface area contributed by atoms with Gasteiger partial charge in [-0.05, 0) is 29.9 Å². The van der Waals surface area contributed by atoms with Crippen LogP contribution in [-0.2, 0) is 67.0 Å². The van der Waals surface area contributed by atoms with Gasteiger partial charge in [0.2, 0.25) is 17.7 Å². The summed E-state index contributed by atoms with van der Waals surface area (Å²) >= 11 is 1.23. The van der Waals surface area contributed by atoms with Crippen LogP contribution in [0.2, 0.25) is 0 Å². The molecular weight excluding hydrogens is 854 g/mol. The highest BCUT2D eigenvalue weighted by Crippen LogP contribution is 2.23. The van der Waals surface area contributed by atoms with Gasteiger partial charge in [-0.15, -0.1) is 11.3 Å². The second-order valence-corrected chi connectivity index (χ2v) is 15.3. The Balaban J connectivity index is 1.66. The van der Waals surface area contributed by atoms with E-state index in [0.717, 1.165) is 0 Å². The number of thiazole rings is 1. The maximum absolute atomic E-state index is 13.9.